The Bertz CT molecular complexity index is 535. The Morgan fingerprint density at radius 2 is 1.73 bits per heavy atom. The summed E-state index contributed by atoms with van der Waals surface area (Å²) in [6, 6.07) is 0. The molecular weight excluding hydrogens is 326 g/mol. The van der Waals surface area contributed by atoms with E-state index in [0.29, 0.717) is 30.5 Å². The van der Waals surface area contributed by atoms with Gasteiger partial charge in [-0.3, -0.25) is 4.98 Å². The number of hydrogen-bond acceptors (Lipinski definition) is 5. The summed E-state index contributed by atoms with van der Waals surface area (Å²) in [5.41, 5.74) is 7.05. The fourth-order valence-electron chi connectivity index (χ4n) is 1.59. The summed E-state index contributed by atoms with van der Waals surface area (Å²) < 4.78 is 10.9. The van der Waals surface area contributed by atoms with E-state index in [9.17, 15) is 0 Å². The van der Waals surface area contributed by atoms with Crippen molar-refractivity contribution in [3.8, 4) is 0 Å². The summed E-state index contributed by atoms with van der Waals surface area (Å²) in [5.74, 6) is 1.06. The van der Waals surface area contributed by atoms with Gasteiger partial charge in [0, 0.05) is 25.2 Å². The first kappa shape index (κ1) is 25.8. The molecule has 0 radical (unpaired) electrons. The summed E-state index contributed by atoms with van der Waals surface area (Å²) >= 11 is 0. The number of anilines is 1. The van der Waals surface area contributed by atoms with Crippen LogP contribution < -0.4 is 5.73 Å². The van der Waals surface area contributed by atoms with Crippen LogP contribution in [0.1, 0.15) is 46.7 Å². The quantitative estimate of drug-likeness (QED) is 0.352. The van der Waals surface area contributed by atoms with Gasteiger partial charge in [0.2, 0.25) is 0 Å². The molecule has 0 aliphatic carbocycles. The number of aromatic nitrogens is 2. The average Bonchev–Trinajstić information content (AvgIpc) is 2.71. The van der Waals surface area contributed by atoms with Crippen molar-refractivity contribution in [1.82, 2.24) is 9.97 Å². The first-order chi connectivity index (χ1) is 12.7. The molecular formula is C21H35N3O2. The summed E-state index contributed by atoms with van der Waals surface area (Å²) in [7, 11) is 0. The van der Waals surface area contributed by atoms with Crippen molar-refractivity contribution in [3.05, 3.63) is 61.3 Å². The third-order valence-corrected chi connectivity index (χ3v) is 2.72. The maximum Gasteiger partial charge on any atom is 0.141 e. The van der Waals surface area contributed by atoms with Crippen molar-refractivity contribution in [2.75, 3.05) is 25.6 Å². The van der Waals surface area contributed by atoms with Crippen LogP contribution in [0.15, 0.2) is 55.6 Å². The van der Waals surface area contributed by atoms with E-state index in [0.717, 1.165) is 18.6 Å². The van der Waals surface area contributed by atoms with Gasteiger partial charge < -0.3 is 15.2 Å². The Hall–Kier alpha value is -2.40. The van der Waals surface area contributed by atoms with E-state index in [2.05, 4.69) is 23.1 Å². The molecule has 1 heterocycles. The van der Waals surface area contributed by atoms with Gasteiger partial charge in [0.05, 0.1) is 24.7 Å². The number of ether oxygens (including phenoxy) is 2. The monoisotopic (exact) mass is 361 g/mol. The molecule has 5 nitrogen and oxygen atoms in total. The highest BCUT2D eigenvalue weighted by atomic mass is 16.5. The zero-order valence-corrected chi connectivity index (χ0v) is 17.0. The highest BCUT2D eigenvalue weighted by Gasteiger charge is 1.99. The van der Waals surface area contributed by atoms with Crippen LogP contribution in [-0.4, -0.2) is 29.8 Å². The largest absolute Gasteiger partial charge is 0.494 e. The summed E-state index contributed by atoms with van der Waals surface area (Å²) in [6.07, 6.45) is 11.0. The van der Waals surface area contributed by atoms with Crippen LogP contribution >= 0.6 is 0 Å². The van der Waals surface area contributed by atoms with Gasteiger partial charge in [-0.1, -0.05) is 46.9 Å². The number of nitrogens with two attached hydrogens (primary N) is 1. The normalized spacial score (nSPS) is 10.7. The van der Waals surface area contributed by atoms with Gasteiger partial charge in [0.1, 0.15) is 11.6 Å². The van der Waals surface area contributed by atoms with Gasteiger partial charge in [-0.25, -0.2) is 4.98 Å². The van der Waals surface area contributed by atoms with E-state index in [1.54, 1.807) is 18.3 Å². The molecule has 0 aliphatic heterocycles. The van der Waals surface area contributed by atoms with Crippen molar-refractivity contribution >= 4 is 11.4 Å². The first-order valence-corrected chi connectivity index (χ1v) is 9.16. The Balaban J connectivity index is 0. The highest BCUT2D eigenvalue weighted by Crippen LogP contribution is 2.13. The molecule has 1 aromatic rings. The molecule has 146 valence electrons. The minimum Gasteiger partial charge on any atom is -0.494 e. The number of allylic oxidation sites excluding steroid dienone is 5. The van der Waals surface area contributed by atoms with Crippen molar-refractivity contribution in [1.29, 1.82) is 0 Å². The summed E-state index contributed by atoms with van der Waals surface area (Å²) in [4.78, 5) is 8.22. The van der Waals surface area contributed by atoms with Gasteiger partial charge in [-0.2, -0.15) is 0 Å². The van der Waals surface area contributed by atoms with Gasteiger partial charge in [0.25, 0.3) is 0 Å². The van der Waals surface area contributed by atoms with Crippen molar-refractivity contribution in [2.24, 2.45) is 0 Å². The third-order valence-electron chi connectivity index (χ3n) is 2.72. The predicted molar refractivity (Wildman–Crippen MR) is 113 cm³/mol. The average molecular weight is 362 g/mol. The van der Waals surface area contributed by atoms with Crippen LogP contribution in [0.2, 0.25) is 0 Å². The fourth-order valence-corrected chi connectivity index (χ4v) is 1.59. The Morgan fingerprint density at radius 1 is 1.04 bits per heavy atom. The van der Waals surface area contributed by atoms with Crippen LogP contribution in [-0.2, 0) is 9.47 Å². The van der Waals surface area contributed by atoms with Crippen molar-refractivity contribution < 1.29 is 9.47 Å². The van der Waals surface area contributed by atoms with E-state index >= 15 is 0 Å². The minimum atomic E-state index is 0.382. The minimum absolute atomic E-state index is 0.382. The molecule has 5 heteroatoms. The van der Waals surface area contributed by atoms with E-state index in [1.165, 1.54) is 6.20 Å². The summed E-state index contributed by atoms with van der Waals surface area (Å²) in [6.45, 7) is 19.5. The zero-order chi connectivity index (χ0) is 20.2. The predicted octanol–water partition coefficient (Wildman–Crippen LogP) is 5.19. The number of nitrogens with zero attached hydrogens (tertiary/aromatic N) is 2. The van der Waals surface area contributed by atoms with Gasteiger partial charge in [-0.15, -0.1) is 0 Å². The second kappa shape index (κ2) is 18.9. The number of hydrogen-bond donors (Lipinski definition) is 1. The van der Waals surface area contributed by atoms with E-state index in [-0.39, 0.29) is 0 Å². The van der Waals surface area contributed by atoms with Gasteiger partial charge in [0.15, 0.2) is 0 Å². The Labute approximate surface area is 159 Å². The van der Waals surface area contributed by atoms with Crippen LogP contribution in [0.3, 0.4) is 0 Å². The van der Waals surface area contributed by atoms with Gasteiger partial charge >= 0.3 is 0 Å². The second-order valence-electron chi connectivity index (χ2n) is 4.32. The molecule has 0 atom stereocenters. The lowest BCUT2D eigenvalue weighted by Crippen LogP contribution is -2.00. The molecule has 2 N–H and O–H groups in total. The number of rotatable bonds is 10. The molecule has 1 rings (SSSR count). The van der Waals surface area contributed by atoms with Crippen LogP contribution in [0.4, 0.5) is 5.82 Å². The molecule has 1 aromatic heterocycles. The maximum atomic E-state index is 5.62. The standard InChI is InChI=1S/C17H23N3O2.2C2H6/c1-4-14(16-12-20-17(18)13-19-16)8-9-15(5-2)22-11-7-10-21-6-3;2*1-2/h4-5,8-9,12-13H,1-2,6-7,10-11H2,3H3,(H2,18,20);2*1-2H3/b14-8+,15-9+;;. The van der Waals surface area contributed by atoms with Gasteiger partial charge in [-0.05, 0) is 25.2 Å². The smallest absolute Gasteiger partial charge is 0.141 e. The topological polar surface area (TPSA) is 70.3 Å². The molecule has 26 heavy (non-hydrogen) atoms. The summed E-state index contributed by atoms with van der Waals surface area (Å²) in [5, 5.41) is 0. The highest BCUT2D eigenvalue weighted by molar-refractivity contribution is 5.72. The lowest BCUT2D eigenvalue weighted by atomic mass is 10.1. The molecule has 0 bridgehead atoms. The molecule has 0 unspecified atom stereocenters. The van der Waals surface area contributed by atoms with E-state index in [4.69, 9.17) is 15.2 Å². The SMILES string of the molecule is C=C/C(=C\C=C(/C=C)c1cnc(N)cn1)OCCCOCC.CC.CC. The molecule has 0 aliphatic rings. The molecule has 0 saturated carbocycles. The Morgan fingerprint density at radius 3 is 2.23 bits per heavy atom. The number of nitrogen functional groups attached to an aromatic ring is 1. The molecule has 0 fully saturated rings. The molecule has 0 saturated heterocycles. The molecule has 0 amide bonds. The Kier molecular flexibility index (Phi) is 18.8. The van der Waals surface area contributed by atoms with Crippen LogP contribution in [0.25, 0.3) is 5.57 Å². The lowest BCUT2D eigenvalue weighted by Gasteiger charge is -2.06. The molecule has 0 spiro atoms. The van der Waals surface area contributed by atoms with Crippen LogP contribution in [0.5, 0.6) is 0 Å². The fraction of sp³-hybridized carbons (Fsp3) is 0.429. The van der Waals surface area contributed by atoms with E-state index in [1.807, 2.05) is 46.8 Å². The van der Waals surface area contributed by atoms with Crippen LogP contribution in [0, 0.1) is 0 Å². The van der Waals surface area contributed by atoms with E-state index < -0.39 is 0 Å². The maximum absolute atomic E-state index is 5.62. The van der Waals surface area contributed by atoms with Crippen molar-refractivity contribution in [2.45, 2.75) is 41.0 Å². The first-order valence-electron chi connectivity index (χ1n) is 9.16. The molecule has 0 aromatic carbocycles. The third kappa shape index (κ3) is 12.0. The lowest BCUT2D eigenvalue weighted by molar-refractivity contribution is 0.118. The van der Waals surface area contributed by atoms with Crippen molar-refractivity contribution in [3.63, 3.8) is 0 Å². The zero-order valence-electron chi connectivity index (χ0n) is 17.0. The second-order valence-corrected chi connectivity index (χ2v) is 4.32.